The number of benzene rings is 2. The van der Waals surface area contributed by atoms with E-state index >= 15 is 0 Å². The van der Waals surface area contributed by atoms with E-state index in [0.717, 1.165) is 26.6 Å². The fourth-order valence-electron chi connectivity index (χ4n) is 1.99. The van der Waals surface area contributed by atoms with Crippen molar-refractivity contribution < 1.29 is 4.74 Å². The highest BCUT2D eigenvalue weighted by atomic mass is 79.9. The van der Waals surface area contributed by atoms with Crippen LogP contribution in [0.25, 0.3) is 10.8 Å². The summed E-state index contributed by atoms with van der Waals surface area (Å²) in [7, 11) is 0. The largest absolute Gasteiger partial charge is 0.489 e. The van der Waals surface area contributed by atoms with Gasteiger partial charge in [-0.1, -0.05) is 51.3 Å². The summed E-state index contributed by atoms with van der Waals surface area (Å²) in [6, 6.07) is 13.7. The molecule has 3 rings (SSSR count). The van der Waals surface area contributed by atoms with Gasteiger partial charge in [0, 0.05) is 16.2 Å². The van der Waals surface area contributed by atoms with E-state index in [-0.39, 0.29) is 0 Å². The van der Waals surface area contributed by atoms with Gasteiger partial charge < -0.3 is 4.74 Å². The Morgan fingerprint density at radius 3 is 2.57 bits per heavy atom. The van der Waals surface area contributed by atoms with Gasteiger partial charge in [0.25, 0.3) is 0 Å². The van der Waals surface area contributed by atoms with E-state index in [1.54, 1.807) is 12.3 Å². The lowest BCUT2D eigenvalue weighted by atomic mass is 10.1. The lowest BCUT2D eigenvalue weighted by Gasteiger charge is -2.09. The van der Waals surface area contributed by atoms with Gasteiger partial charge in [0.05, 0.1) is 5.02 Å². The van der Waals surface area contributed by atoms with Gasteiger partial charge in [-0.15, -0.1) is 0 Å². The molecule has 21 heavy (non-hydrogen) atoms. The molecule has 0 saturated carbocycles. The van der Waals surface area contributed by atoms with Crippen LogP contribution in [0.2, 0.25) is 10.2 Å². The van der Waals surface area contributed by atoms with E-state index in [0.29, 0.717) is 16.8 Å². The first-order valence-corrected chi connectivity index (χ1v) is 7.79. The summed E-state index contributed by atoms with van der Waals surface area (Å²) in [4.78, 5) is 4.01. The Hall–Kier alpha value is -1.29. The van der Waals surface area contributed by atoms with Gasteiger partial charge in [0.15, 0.2) is 0 Å². The Labute approximate surface area is 140 Å². The minimum atomic E-state index is 0.352. The summed E-state index contributed by atoms with van der Waals surface area (Å²) in [5.74, 6) is 0.788. The summed E-state index contributed by atoms with van der Waals surface area (Å²) >= 11 is 15.3. The zero-order chi connectivity index (χ0) is 14.8. The third kappa shape index (κ3) is 3.49. The summed E-state index contributed by atoms with van der Waals surface area (Å²) in [6.45, 7) is 0.352. The van der Waals surface area contributed by atoms with Crippen molar-refractivity contribution in [2.75, 3.05) is 0 Å². The van der Waals surface area contributed by atoms with Crippen LogP contribution in [-0.4, -0.2) is 4.98 Å². The maximum Gasteiger partial charge on any atom is 0.130 e. The average Bonchev–Trinajstić information content (AvgIpc) is 2.46. The molecule has 2 aromatic carbocycles. The number of hydrogen-bond acceptors (Lipinski definition) is 2. The number of pyridine rings is 1. The third-order valence-corrected chi connectivity index (χ3v) is 4.12. The molecular formula is C16H10BrCl2NO. The Balaban J connectivity index is 1.80. The normalized spacial score (nSPS) is 10.8. The van der Waals surface area contributed by atoms with Crippen LogP contribution < -0.4 is 4.74 Å². The Bertz CT molecular complexity index is 807. The molecule has 1 heterocycles. The van der Waals surface area contributed by atoms with Crippen LogP contribution in [0.5, 0.6) is 5.75 Å². The Kier molecular flexibility index (Phi) is 4.34. The quantitative estimate of drug-likeness (QED) is 0.527. The second-order valence-corrected chi connectivity index (χ2v) is 6.25. The molecule has 0 N–H and O–H groups in total. The van der Waals surface area contributed by atoms with Gasteiger partial charge in [-0.25, -0.2) is 4.98 Å². The molecule has 106 valence electrons. The smallest absolute Gasteiger partial charge is 0.130 e. The number of ether oxygens (including phenoxy) is 1. The predicted octanol–water partition coefficient (Wildman–Crippen LogP) is 5.88. The van der Waals surface area contributed by atoms with Crippen molar-refractivity contribution >= 4 is 49.9 Å². The molecule has 0 saturated heterocycles. The van der Waals surface area contributed by atoms with Gasteiger partial charge in [0.1, 0.15) is 17.5 Å². The molecule has 5 heteroatoms. The Morgan fingerprint density at radius 2 is 1.76 bits per heavy atom. The SMILES string of the molecule is Clc1cc(Cl)c(COc2ccc3cc(Br)ccc3c2)cn1. The van der Waals surface area contributed by atoms with E-state index in [1.807, 2.05) is 30.3 Å². The van der Waals surface area contributed by atoms with Crippen LogP contribution in [-0.2, 0) is 6.61 Å². The Morgan fingerprint density at radius 1 is 1.00 bits per heavy atom. The molecule has 3 aromatic rings. The summed E-state index contributed by atoms with van der Waals surface area (Å²) < 4.78 is 6.83. The zero-order valence-corrected chi connectivity index (χ0v) is 13.9. The number of nitrogens with zero attached hydrogens (tertiary/aromatic N) is 1. The summed E-state index contributed by atoms with van der Waals surface area (Å²) in [5.41, 5.74) is 0.803. The molecule has 0 amide bonds. The van der Waals surface area contributed by atoms with E-state index in [1.165, 1.54) is 0 Å². The highest BCUT2D eigenvalue weighted by molar-refractivity contribution is 9.10. The van der Waals surface area contributed by atoms with E-state index in [2.05, 4.69) is 27.0 Å². The number of fused-ring (bicyclic) bond motifs is 1. The van der Waals surface area contributed by atoms with Gasteiger partial charge >= 0.3 is 0 Å². The monoisotopic (exact) mass is 381 g/mol. The van der Waals surface area contributed by atoms with Gasteiger partial charge in [0.2, 0.25) is 0 Å². The highest BCUT2D eigenvalue weighted by Crippen LogP contribution is 2.25. The lowest BCUT2D eigenvalue weighted by Crippen LogP contribution is -1.97. The second-order valence-electron chi connectivity index (χ2n) is 4.54. The fraction of sp³-hybridized carbons (Fsp3) is 0.0625. The first kappa shape index (κ1) is 14.6. The van der Waals surface area contributed by atoms with Crippen LogP contribution in [0.3, 0.4) is 0 Å². The van der Waals surface area contributed by atoms with Crippen molar-refractivity contribution in [3.05, 3.63) is 68.9 Å². The van der Waals surface area contributed by atoms with Crippen molar-refractivity contribution in [1.82, 2.24) is 4.98 Å². The standard InChI is InChI=1S/C16H10BrCl2NO/c17-13-3-1-11-6-14(4-2-10(11)5-13)21-9-12-8-20-16(19)7-15(12)18/h1-8H,9H2. The number of halogens is 3. The average molecular weight is 383 g/mol. The fourth-order valence-corrected chi connectivity index (χ4v) is 2.79. The van der Waals surface area contributed by atoms with Crippen molar-refractivity contribution in [2.24, 2.45) is 0 Å². The maximum absolute atomic E-state index is 6.10. The van der Waals surface area contributed by atoms with Crippen molar-refractivity contribution in [3.63, 3.8) is 0 Å². The molecule has 0 atom stereocenters. The molecule has 0 aliphatic heterocycles. The van der Waals surface area contributed by atoms with Crippen molar-refractivity contribution in [2.45, 2.75) is 6.61 Å². The molecule has 0 aliphatic rings. The molecule has 0 bridgehead atoms. The molecule has 0 fully saturated rings. The molecule has 0 unspecified atom stereocenters. The third-order valence-electron chi connectivity index (χ3n) is 3.06. The summed E-state index contributed by atoms with van der Waals surface area (Å²) in [5, 5.41) is 3.21. The van der Waals surface area contributed by atoms with Crippen LogP contribution in [0.1, 0.15) is 5.56 Å². The van der Waals surface area contributed by atoms with Crippen LogP contribution in [0.15, 0.2) is 53.1 Å². The molecule has 0 aliphatic carbocycles. The van der Waals surface area contributed by atoms with Crippen LogP contribution in [0.4, 0.5) is 0 Å². The maximum atomic E-state index is 6.10. The first-order valence-electron chi connectivity index (χ1n) is 6.24. The van der Waals surface area contributed by atoms with Crippen molar-refractivity contribution in [1.29, 1.82) is 0 Å². The number of aromatic nitrogens is 1. The van der Waals surface area contributed by atoms with Gasteiger partial charge in [-0.05, 0) is 41.1 Å². The van der Waals surface area contributed by atoms with E-state index < -0.39 is 0 Å². The molecule has 0 radical (unpaired) electrons. The van der Waals surface area contributed by atoms with Gasteiger partial charge in [-0.3, -0.25) is 0 Å². The molecular weight excluding hydrogens is 373 g/mol. The number of rotatable bonds is 3. The molecule has 0 spiro atoms. The second kappa shape index (κ2) is 6.22. The predicted molar refractivity (Wildman–Crippen MR) is 90.2 cm³/mol. The minimum Gasteiger partial charge on any atom is -0.489 e. The van der Waals surface area contributed by atoms with E-state index in [9.17, 15) is 0 Å². The zero-order valence-electron chi connectivity index (χ0n) is 10.8. The highest BCUT2D eigenvalue weighted by Gasteiger charge is 2.04. The first-order chi connectivity index (χ1) is 10.1. The lowest BCUT2D eigenvalue weighted by molar-refractivity contribution is 0.306. The molecule has 1 aromatic heterocycles. The van der Waals surface area contributed by atoms with Crippen molar-refractivity contribution in [3.8, 4) is 5.75 Å². The number of hydrogen-bond donors (Lipinski definition) is 0. The topological polar surface area (TPSA) is 22.1 Å². The van der Waals surface area contributed by atoms with E-state index in [4.69, 9.17) is 27.9 Å². The minimum absolute atomic E-state index is 0.352. The summed E-state index contributed by atoms with van der Waals surface area (Å²) in [6.07, 6.45) is 1.63. The molecule has 2 nitrogen and oxygen atoms in total. The van der Waals surface area contributed by atoms with Crippen LogP contribution in [0, 0.1) is 0 Å². The van der Waals surface area contributed by atoms with Gasteiger partial charge in [-0.2, -0.15) is 0 Å². The van der Waals surface area contributed by atoms with Crippen LogP contribution >= 0.6 is 39.1 Å².